The number of amides is 1. The number of nitrogens with zero attached hydrogens (tertiary/aromatic N) is 4. The van der Waals surface area contributed by atoms with Crippen LogP contribution in [0.25, 0.3) is 11.5 Å². The van der Waals surface area contributed by atoms with E-state index >= 15 is 0 Å². The highest BCUT2D eigenvalue weighted by Crippen LogP contribution is 2.23. The Morgan fingerprint density at radius 2 is 1.85 bits per heavy atom. The van der Waals surface area contributed by atoms with Crippen LogP contribution in [0.1, 0.15) is 18.1 Å². The number of carbonyl (C=O) groups excluding carboxylic acids is 1. The highest BCUT2D eigenvalue weighted by atomic mass is 16.4. The number of anilines is 1. The van der Waals surface area contributed by atoms with Gasteiger partial charge in [-0.15, -0.1) is 10.2 Å². The fraction of sp³-hybridized carbons (Fsp3) is 0.350. The standard InChI is InChI=1S/C20H22N4O3/c1-15-17(9-14-26-15)20-22-21-18(27-20)7-8-19(25)24-12-10-23(11-13-24)16-5-3-2-4-6-16/h2-6,9,14H,7-8,10-13H2,1H3. The summed E-state index contributed by atoms with van der Waals surface area (Å²) in [6, 6.07) is 12.1. The lowest BCUT2D eigenvalue weighted by Crippen LogP contribution is -2.48. The summed E-state index contributed by atoms with van der Waals surface area (Å²) in [6.45, 7) is 5.01. The van der Waals surface area contributed by atoms with Gasteiger partial charge in [-0.2, -0.15) is 0 Å². The smallest absolute Gasteiger partial charge is 0.251 e. The first-order valence-corrected chi connectivity index (χ1v) is 9.15. The number of hydrogen-bond donors (Lipinski definition) is 0. The van der Waals surface area contributed by atoms with Gasteiger partial charge in [-0.3, -0.25) is 4.79 Å². The molecule has 0 atom stereocenters. The molecule has 1 aromatic carbocycles. The molecule has 7 nitrogen and oxygen atoms in total. The summed E-state index contributed by atoms with van der Waals surface area (Å²) in [5, 5.41) is 8.09. The van der Waals surface area contributed by atoms with Gasteiger partial charge in [-0.1, -0.05) is 18.2 Å². The first kappa shape index (κ1) is 17.3. The fourth-order valence-corrected chi connectivity index (χ4v) is 3.30. The van der Waals surface area contributed by atoms with E-state index in [1.165, 1.54) is 5.69 Å². The molecule has 0 aliphatic carbocycles. The van der Waals surface area contributed by atoms with Gasteiger partial charge in [0.25, 0.3) is 5.89 Å². The van der Waals surface area contributed by atoms with Crippen LogP contribution in [-0.2, 0) is 11.2 Å². The molecular formula is C20H22N4O3. The van der Waals surface area contributed by atoms with Crippen LogP contribution in [0.15, 0.2) is 51.5 Å². The van der Waals surface area contributed by atoms with Crippen LogP contribution in [0, 0.1) is 6.92 Å². The van der Waals surface area contributed by atoms with E-state index in [1.54, 1.807) is 12.3 Å². The molecule has 27 heavy (non-hydrogen) atoms. The Morgan fingerprint density at radius 1 is 1.07 bits per heavy atom. The number of rotatable bonds is 5. The van der Waals surface area contributed by atoms with E-state index in [0.717, 1.165) is 37.5 Å². The molecule has 0 N–H and O–H groups in total. The molecule has 2 aromatic heterocycles. The maximum absolute atomic E-state index is 12.5. The second-order valence-electron chi connectivity index (χ2n) is 6.59. The summed E-state index contributed by atoms with van der Waals surface area (Å²) < 4.78 is 10.9. The topological polar surface area (TPSA) is 75.6 Å². The molecule has 1 fully saturated rings. The number of carbonyl (C=O) groups is 1. The molecule has 1 aliphatic heterocycles. The van der Waals surface area contributed by atoms with Gasteiger partial charge in [0, 0.05) is 44.7 Å². The van der Waals surface area contributed by atoms with Crippen molar-refractivity contribution in [2.45, 2.75) is 19.8 Å². The zero-order valence-corrected chi connectivity index (χ0v) is 15.3. The van der Waals surface area contributed by atoms with Gasteiger partial charge in [-0.25, -0.2) is 0 Å². The summed E-state index contributed by atoms with van der Waals surface area (Å²) in [4.78, 5) is 16.7. The van der Waals surface area contributed by atoms with E-state index in [9.17, 15) is 4.79 Å². The fourth-order valence-electron chi connectivity index (χ4n) is 3.30. The van der Waals surface area contributed by atoms with Crippen molar-refractivity contribution in [3.05, 3.63) is 54.3 Å². The highest BCUT2D eigenvalue weighted by Gasteiger charge is 2.22. The lowest BCUT2D eigenvalue weighted by molar-refractivity contribution is -0.131. The van der Waals surface area contributed by atoms with Gasteiger partial charge in [-0.05, 0) is 25.1 Å². The van der Waals surface area contributed by atoms with Gasteiger partial charge >= 0.3 is 0 Å². The van der Waals surface area contributed by atoms with E-state index in [0.29, 0.717) is 24.6 Å². The van der Waals surface area contributed by atoms with Crippen molar-refractivity contribution in [3.8, 4) is 11.5 Å². The van der Waals surface area contributed by atoms with Crippen LogP contribution in [0.2, 0.25) is 0 Å². The zero-order chi connectivity index (χ0) is 18.6. The van der Waals surface area contributed by atoms with Crippen LogP contribution >= 0.6 is 0 Å². The Labute approximate surface area is 157 Å². The molecule has 0 bridgehead atoms. The lowest BCUT2D eigenvalue weighted by atomic mass is 10.2. The minimum atomic E-state index is 0.127. The second kappa shape index (κ2) is 7.65. The van der Waals surface area contributed by atoms with E-state index in [1.807, 2.05) is 30.0 Å². The van der Waals surface area contributed by atoms with Crippen molar-refractivity contribution in [3.63, 3.8) is 0 Å². The molecule has 0 saturated carbocycles. The minimum absolute atomic E-state index is 0.127. The van der Waals surface area contributed by atoms with Gasteiger partial charge in [0.2, 0.25) is 11.8 Å². The van der Waals surface area contributed by atoms with Crippen LogP contribution < -0.4 is 4.90 Å². The summed E-state index contributed by atoms with van der Waals surface area (Å²) in [5.74, 6) is 1.77. The van der Waals surface area contributed by atoms with Crippen molar-refractivity contribution in [2.75, 3.05) is 31.1 Å². The molecule has 1 amide bonds. The molecule has 3 heterocycles. The summed E-state index contributed by atoms with van der Waals surface area (Å²) in [5.41, 5.74) is 2.00. The molecule has 0 unspecified atom stereocenters. The number of aryl methyl sites for hydroxylation is 2. The molecular weight excluding hydrogens is 344 g/mol. The third-order valence-electron chi connectivity index (χ3n) is 4.86. The number of aromatic nitrogens is 2. The Morgan fingerprint density at radius 3 is 2.56 bits per heavy atom. The molecule has 1 saturated heterocycles. The van der Waals surface area contributed by atoms with Crippen molar-refractivity contribution in [2.24, 2.45) is 0 Å². The Balaban J connectivity index is 1.28. The zero-order valence-electron chi connectivity index (χ0n) is 15.3. The first-order chi connectivity index (χ1) is 13.2. The summed E-state index contributed by atoms with van der Waals surface area (Å²) in [6.07, 6.45) is 2.41. The average molecular weight is 366 g/mol. The Kier molecular flexibility index (Phi) is 4.91. The maximum Gasteiger partial charge on any atom is 0.251 e. The largest absolute Gasteiger partial charge is 0.469 e. The van der Waals surface area contributed by atoms with Crippen LogP contribution in [0.4, 0.5) is 5.69 Å². The quantitative estimate of drug-likeness (QED) is 0.691. The molecule has 3 aromatic rings. The normalized spacial score (nSPS) is 14.6. The minimum Gasteiger partial charge on any atom is -0.469 e. The second-order valence-corrected chi connectivity index (χ2v) is 6.59. The number of furan rings is 1. The number of piperazine rings is 1. The highest BCUT2D eigenvalue weighted by molar-refractivity contribution is 5.76. The predicted molar refractivity (Wildman–Crippen MR) is 100 cm³/mol. The third kappa shape index (κ3) is 3.86. The van der Waals surface area contributed by atoms with E-state index in [-0.39, 0.29) is 5.91 Å². The van der Waals surface area contributed by atoms with Gasteiger partial charge < -0.3 is 18.6 Å². The lowest BCUT2D eigenvalue weighted by Gasteiger charge is -2.36. The molecule has 4 rings (SSSR count). The van der Waals surface area contributed by atoms with Crippen molar-refractivity contribution in [1.82, 2.24) is 15.1 Å². The summed E-state index contributed by atoms with van der Waals surface area (Å²) in [7, 11) is 0. The average Bonchev–Trinajstić information content (AvgIpc) is 3.35. The predicted octanol–water partition coefficient (Wildman–Crippen LogP) is 2.92. The van der Waals surface area contributed by atoms with Gasteiger partial charge in [0.05, 0.1) is 11.8 Å². The molecule has 0 spiro atoms. The van der Waals surface area contributed by atoms with Gasteiger partial charge in [0.15, 0.2) is 0 Å². The van der Waals surface area contributed by atoms with Crippen molar-refractivity contribution < 1.29 is 13.6 Å². The summed E-state index contributed by atoms with van der Waals surface area (Å²) >= 11 is 0. The van der Waals surface area contributed by atoms with Gasteiger partial charge in [0.1, 0.15) is 5.76 Å². The van der Waals surface area contributed by atoms with Crippen LogP contribution in [0.3, 0.4) is 0 Å². The monoisotopic (exact) mass is 366 g/mol. The third-order valence-corrected chi connectivity index (χ3v) is 4.86. The van der Waals surface area contributed by atoms with Crippen LogP contribution in [0.5, 0.6) is 0 Å². The molecule has 1 aliphatic rings. The number of hydrogen-bond acceptors (Lipinski definition) is 6. The Bertz CT molecular complexity index is 895. The molecule has 0 radical (unpaired) electrons. The van der Waals surface area contributed by atoms with Crippen LogP contribution in [-0.4, -0.2) is 47.2 Å². The number of benzene rings is 1. The maximum atomic E-state index is 12.5. The van der Waals surface area contributed by atoms with E-state index < -0.39 is 0 Å². The first-order valence-electron chi connectivity index (χ1n) is 9.15. The van der Waals surface area contributed by atoms with Crippen molar-refractivity contribution >= 4 is 11.6 Å². The number of para-hydroxylation sites is 1. The SMILES string of the molecule is Cc1occc1-c1nnc(CCC(=O)N2CCN(c3ccccc3)CC2)o1. The van der Waals surface area contributed by atoms with E-state index in [2.05, 4.69) is 27.2 Å². The Hall–Kier alpha value is -3.09. The van der Waals surface area contributed by atoms with Crippen molar-refractivity contribution in [1.29, 1.82) is 0 Å². The molecule has 140 valence electrons. The van der Waals surface area contributed by atoms with E-state index in [4.69, 9.17) is 8.83 Å². The molecule has 7 heteroatoms.